The Kier molecular flexibility index (Phi) is 7.17. The summed E-state index contributed by atoms with van der Waals surface area (Å²) < 4.78 is 0. The van der Waals surface area contributed by atoms with Crippen molar-refractivity contribution in [1.82, 2.24) is 0 Å². The minimum Gasteiger partial charge on any atom is -0.344 e. The van der Waals surface area contributed by atoms with E-state index in [1.807, 2.05) is 13.0 Å². The Bertz CT molecular complexity index is 2020. The molecule has 0 aliphatic carbocycles. The minimum atomic E-state index is 0.971. The topological polar surface area (TPSA) is 6.48 Å². The van der Waals surface area contributed by atoms with Gasteiger partial charge in [0.2, 0.25) is 0 Å². The van der Waals surface area contributed by atoms with Crippen molar-refractivity contribution < 1.29 is 0 Å². The van der Waals surface area contributed by atoms with Crippen molar-refractivity contribution in [2.24, 2.45) is 0 Å². The van der Waals surface area contributed by atoms with Gasteiger partial charge < -0.3 is 9.80 Å². The van der Waals surface area contributed by atoms with E-state index in [9.17, 15) is 0 Å². The monoisotopic (exact) mass is 566 g/mol. The summed E-state index contributed by atoms with van der Waals surface area (Å²) in [5.74, 6) is 0. The standard InChI is InChI=1S/C42H34N2/c1-30(2)44(38-25-19-32(20-26-38)31-11-5-4-6-12-31)39-27-21-34(22-28-39)33-17-23-37(24-18-33)43(3)42-40-15-9-7-13-35(40)29-36-14-8-10-16-41(36)42/h4-29H,1H2,2-3H3. The third-order valence-electron chi connectivity index (χ3n) is 8.41. The van der Waals surface area contributed by atoms with Crippen molar-refractivity contribution >= 4 is 44.3 Å². The molecule has 0 atom stereocenters. The predicted octanol–water partition coefficient (Wildman–Crippen LogP) is 11.8. The molecule has 212 valence electrons. The second-order valence-corrected chi connectivity index (χ2v) is 11.3. The van der Waals surface area contributed by atoms with Gasteiger partial charge in [0, 0.05) is 40.6 Å². The molecule has 0 spiro atoms. The molecule has 2 heteroatoms. The Morgan fingerprint density at radius 3 is 1.30 bits per heavy atom. The predicted molar refractivity (Wildman–Crippen MR) is 190 cm³/mol. The maximum absolute atomic E-state index is 4.28. The van der Waals surface area contributed by atoms with Crippen LogP contribution in [0.15, 0.2) is 170 Å². The second-order valence-electron chi connectivity index (χ2n) is 11.3. The summed E-state index contributed by atoms with van der Waals surface area (Å²) >= 11 is 0. The molecular formula is C42H34N2. The number of nitrogens with zero attached hydrogens (tertiary/aromatic N) is 2. The van der Waals surface area contributed by atoms with Gasteiger partial charge in [0.25, 0.3) is 0 Å². The summed E-state index contributed by atoms with van der Waals surface area (Å²) in [6, 6.07) is 56.3. The van der Waals surface area contributed by atoms with Crippen LogP contribution in [0, 0.1) is 0 Å². The van der Waals surface area contributed by atoms with E-state index in [0.29, 0.717) is 0 Å². The molecule has 0 aliphatic heterocycles. The summed E-state index contributed by atoms with van der Waals surface area (Å²) in [4.78, 5) is 4.51. The molecule has 0 fully saturated rings. The smallest absolute Gasteiger partial charge is 0.0567 e. The van der Waals surface area contributed by atoms with Crippen molar-refractivity contribution in [3.63, 3.8) is 0 Å². The molecule has 0 unspecified atom stereocenters. The SMILES string of the molecule is C=C(C)N(c1ccc(-c2ccccc2)cc1)c1ccc(-c2ccc(N(C)c3c4ccccc4cc4ccccc34)cc2)cc1. The maximum atomic E-state index is 4.28. The zero-order valence-corrected chi connectivity index (χ0v) is 25.1. The molecule has 0 N–H and O–H groups in total. The van der Waals surface area contributed by atoms with Gasteiger partial charge in [-0.3, -0.25) is 0 Å². The van der Waals surface area contributed by atoms with Gasteiger partial charge in [-0.1, -0.05) is 122 Å². The molecule has 0 aromatic heterocycles. The van der Waals surface area contributed by atoms with Crippen molar-refractivity contribution in [3.05, 3.63) is 170 Å². The van der Waals surface area contributed by atoms with E-state index >= 15 is 0 Å². The van der Waals surface area contributed by atoms with Gasteiger partial charge in [-0.15, -0.1) is 0 Å². The largest absolute Gasteiger partial charge is 0.344 e. The third-order valence-corrected chi connectivity index (χ3v) is 8.41. The quantitative estimate of drug-likeness (QED) is 0.177. The highest BCUT2D eigenvalue weighted by Crippen LogP contribution is 2.39. The molecule has 0 amide bonds. The number of fused-ring (bicyclic) bond motifs is 2. The number of allylic oxidation sites excluding steroid dienone is 1. The van der Waals surface area contributed by atoms with Crippen LogP contribution in [0.1, 0.15) is 6.92 Å². The molecule has 0 saturated carbocycles. The molecule has 0 saturated heterocycles. The number of hydrogen-bond acceptors (Lipinski definition) is 2. The lowest BCUT2D eigenvalue weighted by Gasteiger charge is -2.26. The maximum Gasteiger partial charge on any atom is 0.0567 e. The molecule has 7 rings (SSSR count). The van der Waals surface area contributed by atoms with E-state index in [1.165, 1.54) is 49.5 Å². The number of rotatable bonds is 7. The molecule has 7 aromatic carbocycles. The van der Waals surface area contributed by atoms with Crippen LogP contribution in [0.4, 0.5) is 22.7 Å². The lowest BCUT2D eigenvalue weighted by Crippen LogP contribution is -2.13. The lowest BCUT2D eigenvalue weighted by atomic mass is 9.99. The van der Waals surface area contributed by atoms with Crippen molar-refractivity contribution in [3.8, 4) is 22.3 Å². The van der Waals surface area contributed by atoms with Crippen LogP contribution in [0.3, 0.4) is 0 Å². The van der Waals surface area contributed by atoms with Gasteiger partial charge in [-0.2, -0.15) is 0 Å². The first kappa shape index (κ1) is 27.2. The molecule has 0 heterocycles. The molecule has 0 bridgehead atoms. The highest BCUT2D eigenvalue weighted by atomic mass is 15.1. The van der Waals surface area contributed by atoms with Crippen LogP contribution in [-0.4, -0.2) is 7.05 Å². The highest BCUT2D eigenvalue weighted by molar-refractivity contribution is 6.12. The van der Waals surface area contributed by atoms with Crippen LogP contribution in [0.2, 0.25) is 0 Å². The van der Waals surface area contributed by atoms with E-state index in [0.717, 1.165) is 22.8 Å². The Labute approximate surface area is 259 Å². The molecule has 7 aromatic rings. The van der Waals surface area contributed by atoms with Crippen LogP contribution in [-0.2, 0) is 0 Å². The van der Waals surface area contributed by atoms with Crippen molar-refractivity contribution in [2.75, 3.05) is 16.8 Å². The van der Waals surface area contributed by atoms with E-state index in [4.69, 9.17) is 0 Å². The van der Waals surface area contributed by atoms with Gasteiger partial charge in [0.15, 0.2) is 0 Å². The Balaban J connectivity index is 1.15. The third kappa shape index (κ3) is 5.12. The van der Waals surface area contributed by atoms with E-state index in [-0.39, 0.29) is 0 Å². The Hall–Kier alpha value is -5.60. The summed E-state index contributed by atoms with van der Waals surface area (Å²) in [5.41, 5.74) is 10.3. The average Bonchev–Trinajstić information content (AvgIpc) is 3.08. The van der Waals surface area contributed by atoms with Gasteiger partial charge in [0.1, 0.15) is 0 Å². The fraction of sp³-hybridized carbons (Fsp3) is 0.0476. The van der Waals surface area contributed by atoms with Crippen molar-refractivity contribution in [2.45, 2.75) is 6.92 Å². The fourth-order valence-corrected chi connectivity index (χ4v) is 6.18. The summed E-state index contributed by atoms with van der Waals surface area (Å²) in [5, 5.41) is 5.01. The van der Waals surface area contributed by atoms with Gasteiger partial charge in [0.05, 0.1) is 5.69 Å². The van der Waals surface area contributed by atoms with E-state index < -0.39 is 0 Å². The summed E-state index contributed by atoms with van der Waals surface area (Å²) in [6.45, 7) is 6.33. The first-order valence-electron chi connectivity index (χ1n) is 15.0. The van der Waals surface area contributed by atoms with Crippen LogP contribution in [0.5, 0.6) is 0 Å². The number of hydrogen-bond donors (Lipinski definition) is 0. The highest BCUT2D eigenvalue weighted by Gasteiger charge is 2.14. The Morgan fingerprint density at radius 2 is 0.841 bits per heavy atom. The van der Waals surface area contributed by atoms with Gasteiger partial charge in [-0.05, 0) is 82.4 Å². The normalized spacial score (nSPS) is 11.0. The molecule has 0 aliphatic rings. The van der Waals surface area contributed by atoms with Gasteiger partial charge in [-0.25, -0.2) is 0 Å². The van der Waals surface area contributed by atoms with Crippen molar-refractivity contribution in [1.29, 1.82) is 0 Å². The second kappa shape index (κ2) is 11.6. The summed E-state index contributed by atoms with van der Waals surface area (Å²) in [7, 11) is 2.16. The number of benzene rings is 7. The Morgan fingerprint density at radius 1 is 0.455 bits per heavy atom. The molecule has 2 nitrogen and oxygen atoms in total. The van der Waals surface area contributed by atoms with Crippen LogP contribution >= 0.6 is 0 Å². The average molecular weight is 567 g/mol. The lowest BCUT2D eigenvalue weighted by molar-refractivity contribution is 1.17. The van der Waals surface area contributed by atoms with Crippen LogP contribution in [0.25, 0.3) is 43.8 Å². The molecular weight excluding hydrogens is 532 g/mol. The zero-order valence-electron chi connectivity index (χ0n) is 25.1. The van der Waals surface area contributed by atoms with E-state index in [2.05, 4.69) is 175 Å². The molecule has 0 radical (unpaired) electrons. The minimum absolute atomic E-state index is 0.971. The van der Waals surface area contributed by atoms with Crippen LogP contribution < -0.4 is 9.80 Å². The summed E-state index contributed by atoms with van der Waals surface area (Å²) in [6.07, 6.45) is 0. The zero-order chi connectivity index (χ0) is 30.0. The van der Waals surface area contributed by atoms with E-state index in [1.54, 1.807) is 0 Å². The number of anilines is 4. The molecule has 44 heavy (non-hydrogen) atoms. The fourth-order valence-electron chi connectivity index (χ4n) is 6.18. The first-order valence-corrected chi connectivity index (χ1v) is 15.0. The van der Waals surface area contributed by atoms with Gasteiger partial charge >= 0.3 is 0 Å². The first-order chi connectivity index (χ1) is 21.6.